The third-order valence-electron chi connectivity index (χ3n) is 8.89. The number of fused-ring (bicyclic) bond motifs is 1. The van der Waals surface area contributed by atoms with Crippen LogP contribution in [0.4, 0.5) is 0 Å². The molecule has 1 unspecified atom stereocenters. The highest BCUT2D eigenvalue weighted by Crippen LogP contribution is 2.59. The first kappa shape index (κ1) is 28.3. The predicted molar refractivity (Wildman–Crippen MR) is 155 cm³/mol. The van der Waals surface area contributed by atoms with Gasteiger partial charge in [-0.3, -0.25) is 14.6 Å². The molecule has 2 atom stereocenters. The number of aryl methyl sites for hydroxylation is 1. The molecule has 1 aliphatic heterocycles. The Labute approximate surface area is 236 Å². The number of benzene rings is 1. The standard InChI is InChI=1S/C32H42N4O4/c1-5-23(37)9-7-6-8-10-26(35-30(38)25-19-32(25)13-15-36(3)16-14-32)31-33-20-29(40-31)24-17-22-12-11-21(2)34-27(22)18-28(24)39-4/h11-12,17-18,20,25-26H,5-10,13-16,19H2,1-4H3,(H,35,38)/t25?,26-/m0/s1. The molecule has 2 aromatic heterocycles. The molecule has 8 nitrogen and oxygen atoms in total. The van der Waals surface area contributed by atoms with Crippen LogP contribution in [0, 0.1) is 18.3 Å². The van der Waals surface area contributed by atoms with Crippen LogP contribution in [0.2, 0.25) is 0 Å². The van der Waals surface area contributed by atoms with Crippen molar-refractivity contribution in [2.75, 3.05) is 27.2 Å². The number of hydrogen-bond donors (Lipinski definition) is 1. The van der Waals surface area contributed by atoms with Crippen LogP contribution in [0.15, 0.2) is 34.9 Å². The van der Waals surface area contributed by atoms with E-state index in [0.717, 1.165) is 73.8 Å². The zero-order valence-corrected chi connectivity index (χ0v) is 24.3. The molecule has 2 aliphatic rings. The Morgan fingerprint density at radius 2 is 2.00 bits per heavy atom. The van der Waals surface area contributed by atoms with Crippen LogP contribution in [0.3, 0.4) is 0 Å². The van der Waals surface area contributed by atoms with Gasteiger partial charge >= 0.3 is 0 Å². The molecule has 1 saturated heterocycles. The molecule has 1 aliphatic carbocycles. The van der Waals surface area contributed by atoms with E-state index in [-0.39, 0.29) is 23.3 Å². The highest BCUT2D eigenvalue weighted by atomic mass is 16.5. The van der Waals surface area contributed by atoms with Gasteiger partial charge in [0.1, 0.15) is 17.6 Å². The van der Waals surface area contributed by atoms with Gasteiger partial charge < -0.3 is 19.4 Å². The van der Waals surface area contributed by atoms with E-state index >= 15 is 0 Å². The quantitative estimate of drug-likeness (QED) is 0.277. The van der Waals surface area contributed by atoms with Crippen molar-refractivity contribution in [2.24, 2.45) is 11.3 Å². The van der Waals surface area contributed by atoms with Crippen LogP contribution < -0.4 is 10.1 Å². The molecule has 1 aromatic carbocycles. The second-order valence-electron chi connectivity index (χ2n) is 11.7. The van der Waals surface area contributed by atoms with Gasteiger partial charge in [-0.1, -0.05) is 25.8 Å². The first-order chi connectivity index (χ1) is 19.3. The number of ether oxygens (including phenoxy) is 1. The number of likely N-dealkylation sites (tertiary alicyclic amines) is 1. The van der Waals surface area contributed by atoms with Gasteiger partial charge in [0.15, 0.2) is 5.76 Å². The lowest BCUT2D eigenvalue weighted by Crippen LogP contribution is -2.36. The van der Waals surface area contributed by atoms with Crippen LogP contribution in [0.1, 0.15) is 82.3 Å². The van der Waals surface area contributed by atoms with Crippen molar-refractivity contribution in [2.45, 2.75) is 77.7 Å². The van der Waals surface area contributed by atoms with Crippen molar-refractivity contribution >= 4 is 22.6 Å². The molecule has 2 fully saturated rings. The largest absolute Gasteiger partial charge is 0.496 e. The Kier molecular flexibility index (Phi) is 8.54. The van der Waals surface area contributed by atoms with Crippen LogP contribution >= 0.6 is 0 Å². The summed E-state index contributed by atoms with van der Waals surface area (Å²) in [6, 6.07) is 7.64. The number of oxazole rings is 1. The van der Waals surface area contributed by atoms with E-state index in [1.54, 1.807) is 13.3 Å². The zero-order chi connectivity index (χ0) is 28.3. The van der Waals surface area contributed by atoms with Crippen molar-refractivity contribution in [3.05, 3.63) is 42.0 Å². The number of ketones is 1. The Balaban J connectivity index is 1.33. The molecule has 1 amide bonds. The summed E-state index contributed by atoms with van der Waals surface area (Å²) in [6.07, 6.45) is 9.44. The van der Waals surface area contributed by atoms with Gasteiger partial charge in [-0.05, 0) is 76.7 Å². The first-order valence-electron chi connectivity index (χ1n) is 14.7. The number of aromatic nitrogens is 2. The van der Waals surface area contributed by atoms with E-state index in [4.69, 9.17) is 9.15 Å². The molecule has 1 N–H and O–H groups in total. The van der Waals surface area contributed by atoms with Crippen LogP contribution in [0.25, 0.3) is 22.2 Å². The lowest BCUT2D eigenvalue weighted by molar-refractivity contribution is -0.124. The van der Waals surface area contributed by atoms with E-state index in [9.17, 15) is 9.59 Å². The Hall–Kier alpha value is -3.26. The Morgan fingerprint density at radius 3 is 2.75 bits per heavy atom. The number of methoxy groups -OCH3 is 1. The van der Waals surface area contributed by atoms with Gasteiger partial charge in [0, 0.05) is 35.9 Å². The van der Waals surface area contributed by atoms with Crippen LogP contribution in [-0.2, 0) is 9.59 Å². The number of amides is 1. The van der Waals surface area contributed by atoms with E-state index in [2.05, 4.69) is 27.2 Å². The van der Waals surface area contributed by atoms with Gasteiger partial charge in [0.05, 0.1) is 24.4 Å². The van der Waals surface area contributed by atoms with E-state index in [1.165, 1.54) is 0 Å². The zero-order valence-electron chi connectivity index (χ0n) is 24.3. The topological polar surface area (TPSA) is 97.6 Å². The molecule has 5 rings (SSSR count). The normalized spacial score (nSPS) is 19.1. The number of nitrogens with zero attached hydrogens (tertiary/aromatic N) is 3. The minimum Gasteiger partial charge on any atom is -0.496 e. The number of unbranched alkanes of at least 4 members (excludes halogenated alkanes) is 2. The number of carbonyl (C=O) groups is 2. The minimum absolute atomic E-state index is 0.0665. The maximum atomic E-state index is 13.4. The molecule has 40 heavy (non-hydrogen) atoms. The summed E-state index contributed by atoms with van der Waals surface area (Å²) >= 11 is 0. The lowest BCUT2D eigenvalue weighted by atomic mass is 9.91. The van der Waals surface area contributed by atoms with Crippen molar-refractivity contribution in [1.82, 2.24) is 20.2 Å². The maximum absolute atomic E-state index is 13.4. The second-order valence-corrected chi connectivity index (χ2v) is 11.7. The molecule has 3 aromatic rings. The average Bonchev–Trinajstić information content (AvgIpc) is 3.44. The lowest BCUT2D eigenvalue weighted by Gasteiger charge is -2.30. The number of piperidine rings is 1. The summed E-state index contributed by atoms with van der Waals surface area (Å²) in [6.45, 7) is 5.98. The number of nitrogens with one attached hydrogen (secondary N) is 1. The summed E-state index contributed by atoms with van der Waals surface area (Å²) < 4.78 is 12.0. The molecular weight excluding hydrogens is 504 g/mol. The Morgan fingerprint density at radius 1 is 1.20 bits per heavy atom. The van der Waals surface area contributed by atoms with Crippen molar-refractivity contribution in [1.29, 1.82) is 0 Å². The average molecular weight is 547 g/mol. The molecule has 3 heterocycles. The SMILES string of the molecule is CCC(=O)CCCCC[C@H](NC(=O)C1CC12CCN(C)CC2)c1ncc(-c2cc3ccc(C)nc3cc2OC)o1. The third-order valence-corrected chi connectivity index (χ3v) is 8.89. The van der Waals surface area contributed by atoms with E-state index in [0.29, 0.717) is 42.4 Å². The molecule has 1 saturated carbocycles. The van der Waals surface area contributed by atoms with Crippen LogP contribution in [-0.4, -0.2) is 53.8 Å². The number of hydrogen-bond acceptors (Lipinski definition) is 7. The van der Waals surface area contributed by atoms with E-state index < -0.39 is 0 Å². The molecule has 8 heteroatoms. The van der Waals surface area contributed by atoms with Crippen molar-refractivity contribution < 1.29 is 18.7 Å². The van der Waals surface area contributed by atoms with Gasteiger partial charge in [0.25, 0.3) is 0 Å². The fourth-order valence-corrected chi connectivity index (χ4v) is 6.08. The second kappa shape index (κ2) is 12.1. The van der Waals surface area contributed by atoms with Crippen molar-refractivity contribution in [3.63, 3.8) is 0 Å². The summed E-state index contributed by atoms with van der Waals surface area (Å²) in [4.78, 5) is 36.8. The van der Waals surface area contributed by atoms with E-state index in [1.807, 2.05) is 38.1 Å². The number of carbonyl (C=O) groups excluding carboxylic acids is 2. The predicted octanol–water partition coefficient (Wildman–Crippen LogP) is 6.03. The Bertz CT molecular complexity index is 1360. The highest BCUT2D eigenvalue weighted by Gasteiger charge is 2.58. The molecule has 0 radical (unpaired) electrons. The monoisotopic (exact) mass is 546 g/mol. The summed E-state index contributed by atoms with van der Waals surface area (Å²) in [5.74, 6) is 2.25. The number of pyridine rings is 1. The summed E-state index contributed by atoms with van der Waals surface area (Å²) in [7, 11) is 3.79. The van der Waals surface area contributed by atoms with Crippen molar-refractivity contribution in [3.8, 4) is 17.1 Å². The fourth-order valence-electron chi connectivity index (χ4n) is 6.08. The molecule has 1 spiro atoms. The fraction of sp³-hybridized carbons (Fsp3) is 0.562. The van der Waals surface area contributed by atoms with Crippen LogP contribution in [0.5, 0.6) is 5.75 Å². The van der Waals surface area contributed by atoms with Gasteiger partial charge in [-0.15, -0.1) is 0 Å². The first-order valence-corrected chi connectivity index (χ1v) is 14.7. The third kappa shape index (κ3) is 6.22. The van der Waals surface area contributed by atoms with Gasteiger partial charge in [-0.2, -0.15) is 0 Å². The number of rotatable bonds is 12. The van der Waals surface area contributed by atoms with Gasteiger partial charge in [0.2, 0.25) is 11.8 Å². The number of Topliss-reactive ketones (excluding diaryl/α,β-unsaturated/α-hetero) is 1. The highest BCUT2D eigenvalue weighted by molar-refractivity contribution is 5.87. The van der Waals surface area contributed by atoms with Gasteiger partial charge in [-0.25, -0.2) is 4.98 Å². The smallest absolute Gasteiger partial charge is 0.224 e. The minimum atomic E-state index is -0.317. The summed E-state index contributed by atoms with van der Waals surface area (Å²) in [5, 5.41) is 4.29. The molecular formula is C32H42N4O4. The summed E-state index contributed by atoms with van der Waals surface area (Å²) in [5.41, 5.74) is 2.77. The molecule has 0 bridgehead atoms. The molecule has 214 valence electrons. The maximum Gasteiger partial charge on any atom is 0.224 e.